The van der Waals surface area contributed by atoms with Gasteiger partial charge in [0.2, 0.25) is 0 Å². The van der Waals surface area contributed by atoms with Gasteiger partial charge in [0.15, 0.2) is 6.61 Å². The fraction of sp³-hybridized carbons (Fsp3) is 0.565. The fourth-order valence-corrected chi connectivity index (χ4v) is 4.82. The van der Waals surface area contributed by atoms with Crippen LogP contribution in [0.2, 0.25) is 0 Å². The van der Waals surface area contributed by atoms with E-state index in [0.29, 0.717) is 25.3 Å². The van der Waals surface area contributed by atoms with Crippen molar-refractivity contribution < 1.29 is 18.3 Å². The van der Waals surface area contributed by atoms with Gasteiger partial charge in [-0.15, -0.1) is 0 Å². The van der Waals surface area contributed by atoms with Gasteiger partial charge in [-0.05, 0) is 57.1 Å². The number of para-hydroxylation sites is 1. The number of carbonyl (C=O) groups is 1. The lowest BCUT2D eigenvalue weighted by molar-refractivity contribution is -0.135. The quantitative estimate of drug-likeness (QED) is 0.772. The molecule has 3 atom stereocenters. The van der Waals surface area contributed by atoms with Gasteiger partial charge in [0.1, 0.15) is 17.6 Å². The van der Waals surface area contributed by atoms with Crippen molar-refractivity contribution in [3.05, 3.63) is 41.1 Å². The predicted octanol–water partition coefficient (Wildman–Crippen LogP) is 4.12. The van der Waals surface area contributed by atoms with Crippen molar-refractivity contribution in [1.82, 2.24) is 14.7 Å². The minimum Gasteiger partial charge on any atom is -0.483 e. The van der Waals surface area contributed by atoms with Crippen molar-refractivity contribution in [2.45, 2.75) is 58.5 Å². The van der Waals surface area contributed by atoms with Crippen LogP contribution in [0.5, 0.6) is 5.75 Å². The molecule has 1 aromatic carbocycles. The second-order valence-electron chi connectivity index (χ2n) is 8.76. The number of rotatable bonds is 5. The van der Waals surface area contributed by atoms with Gasteiger partial charge in [0.05, 0.1) is 5.69 Å². The van der Waals surface area contributed by atoms with Crippen molar-refractivity contribution >= 4 is 11.7 Å². The number of benzene rings is 1. The molecule has 1 fully saturated rings. The molecule has 0 radical (unpaired) electrons. The summed E-state index contributed by atoms with van der Waals surface area (Å²) < 4.78 is 34.7. The molecule has 1 aromatic heterocycles. The highest BCUT2D eigenvalue weighted by Gasteiger charge is 2.38. The Morgan fingerprint density at radius 3 is 2.74 bits per heavy atom. The van der Waals surface area contributed by atoms with Crippen LogP contribution in [0, 0.1) is 26.7 Å². The Morgan fingerprint density at radius 1 is 1.29 bits per heavy atom. The third-order valence-electron chi connectivity index (χ3n) is 6.42. The molecule has 31 heavy (non-hydrogen) atoms. The van der Waals surface area contributed by atoms with Crippen LogP contribution in [0.1, 0.15) is 42.1 Å². The van der Waals surface area contributed by atoms with Crippen LogP contribution in [0.4, 0.5) is 14.6 Å². The van der Waals surface area contributed by atoms with E-state index in [9.17, 15) is 13.6 Å². The van der Waals surface area contributed by atoms with Crippen LogP contribution < -0.4 is 10.1 Å². The summed E-state index contributed by atoms with van der Waals surface area (Å²) >= 11 is 0. The van der Waals surface area contributed by atoms with Gasteiger partial charge in [0.25, 0.3) is 12.3 Å². The molecule has 3 heterocycles. The molecule has 1 unspecified atom stereocenters. The first kappa shape index (κ1) is 21.6. The highest BCUT2D eigenvalue weighted by molar-refractivity contribution is 5.78. The van der Waals surface area contributed by atoms with Crippen LogP contribution in [0.15, 0.2) is 24.3 Å². The molecule has 0 aliphatic carbocycles. The zero-order valence-electron chi connectivity index (χ0n) is 18.3. The van der Waals surface area contributed by atoms with Crippen LogP contribution in [-0.4, -0.2) is 52.8 Å². The van der Waals surface area contributed by atoms with Crippen molar-refractivity contribution in [1.29, 1.82) is 0 Å². The maximum atomic E-state index is 13.7. The van der Waals surface area contributed by atoms with E-state index in [4.69, 9.17) is 4.74 Å². The van der Waals surface area contributed by atoms with Gasteiger partial charge in [-0.3, -0.25) is 4.79 Å². The molecule has 0 spiro atoms. The van der Waals surface area contributed by atoms with E-state index in [-0.39, 0.29) is 24.5 Å². The first-order valence-electron chi connectivity index (χ1n) is 10.9. The van der Waals surface area contributed by atoms with E-state index in [2.05, 4.69) is 10.4 Å². The number of nitrogens with one attached hydrogen (secondary N) is 1. The Hall–Kier alpha value is -2.64. The Morgan fingerprint density at radius 2 is 2.03 bits per heavy atom. The van der Waals surface area contributed by atoms with E-state index in [0.717, 1.165) is 35.4 Å². The summed E-state index contributed by atoms with van der Waals surface area (Å²) in [6.07, 6.45) is -0.412. The topological polar surface area (TPSA) is 59.4 Å². The summed E-state index contributed by atoms with van der Waals surface area (Å²) in [5, 5.41) is 7.64. The van der Waals surface area contributed by atoms with Crippen molar-refractivity contribution in [3.8, 4) is 5.75 Å². The number of ether oxygens (including phenoxy) is 1. The molecule has 8 heteroatoms. The average Bonchev–Trinajstić information content (AvgIpc) is 3.12. The zero-order valence-corrected chi connectivity index (χ0v) is 18.3. The number of carbonyl (C=O) groups excluding carboxylic acids is 1. The molecule has 0 bridgehead atoms. The second kappa shape index (κ2) is 8.85. The van der Waals surface area contributed by atoms with Gasteiger partial charge in [-0.2, -0.15) is 5.10 Å². The second-order valence-corrected chi connectivity index (χ2v) is 8.76. The van der Waals surface area contributed by atoms with Gasteiger partial charge >= 0.3 is 0 Å². The molecular weight excluding hydrogens is 402 g/mol. The van der Waals surface area contributed by atoms with E-state index in [1.165, 1.54) is 4.68 Å². The molecule has 4 rings (SSSR count). The number of piperidine rings is 1. The Kier molecular flexibility index (Phi) is 6.16. The highest BCUT2D eigenvalue weighted by Crippen LogP contribution is 2.36. The number of hydrogen-bond donors (Lipinski definition) is 1. The molecule has 2 aliphatic heterocycles. The van der Waals surface area contributed by atoms with Crippen molar-refractivity contribution in [2.24, 2.45) is 5.92 Å². The monoisotopic (exact) mass is 432 g/mol. The van der Waals surface area contributed by atoms with Crippen molar-refractivity contribution in [3.63, 3.8) is 0 Å². The minimum atomic E-state index is -2.48. The number of anilines is 1. The van der Waals surface area contributed by atoms with Crippen LogP contribution in [0.3, 0.4) is 0 Å². The number of likely N-dealkylation sites (tertiary alicyclic amines) is 1. The molecule has 0 saturated carbocycles. The maximum absolute atomic E-state index is 13.7. The number of alkyl halides is 2. The Balaban J connectivity index is 1.41. The Labute approximate surface area is 181 Å². The third-order valence-corrected chi connectivity index (χ3v) is 6.42. The number of aromatic nitrogens is 2. The standard InChI is InChI=1S/C23H30F2N4O2/c1-14-6-4-7-15(2)22(14)31-13-21(30)28-9-5-8-17(12-28)18-11-19(23(24)25)29-20(26-18)10-16(3)27-29/h4,6-7,10,17-19,23,26H,5,8-9,11-13H2,1-3H3/t17?,18-,19+/m0/s1. The normalized spacial score (nSPS) is 23.4. The number of amides is 1. The lowest BCUT2D eigenvalue weighted by Crippen LogP contribution is -2.49. The average molecular weight is 433 g/mol. The lowest BCUT2D eigenvalue weighted by Gasteiger charge is -2.41. The highest BCUT2D eigenvalue weighted by atomic mass is 19.3. The van der Waals surface area contributed by atoms with Crippen LogP contribution in [0.25, 0.3) is 0 Å². The van der Waals surface area contributed by atoms with Gasteiger partial charge in [-0.1, -0.05) is 18.2 Å². The molecule has 1 amide bonds. The molecule has 1 N–H and O–H groups in total. The maximum Gasteiger partial charge on any atom is 0.260 e. The molecule has 2 aromatic rings. The smallest absolute Gasteiger partial charge is 0.260 e. The lowest BCUT2D eigenvalue weighted by atomic mass is 9.86. The van der Waals surface area contributed by atoms with Gasteiger partial charge < -0.3 is 15.0 Å². The van der Waals surface area contributed by atoms with Crippen LogP contribution >= 0.6 is 0 Å². The largest absolute Gasteiger partial charge is 0.483 e. The molecule has 2 aliphatic rings. The fourth-order valence-electron chi connectivity index (χ4n) is 4.82. The Bertz CT molecular complexity index is 925. The number of aryl methyl sites for hydroxylation is 3. The summed E-state index contributed by atoms with van der Waals surface area (Å²) in [5.41, 5.74) is 2.72. The summed E-state index contributed by atoms with van der Waals surface area (Å²) in [4.78, 5) is 14.7. The summed E-state index contributed by atoms with van der Waals surface area (Å²) in [6, 6.07) is 6.65. The van der Waals surface area contributed by atoms with Crippen molar-refractivity contribution in [2.75, 3.05) is 25.0 Å². The summed E-state index contributed by atoms with van der Waals surface area (Å²) in [6.45, 7) is 6.95. The van der Waals surface area contributed by atoms with Crippen LogP contribution in [-0.2, 0) is 4.79 Å². The predicted molar refractivity (Wildman–Crippen MR) is 115 cm³/mol. The number of nitrogens with zero attached hydrogens (tertiary/aromatic N) is 3. The third kappa shape index (κ3) is 4.52. The molecule has 1 saturated heterocycles. The van der Waals surface area contributed by atoms with E-state index in [1.807, 2.05) is 49.9 Å². The number of halogens is 2. The summed E-state index contributed by atoms with van der Waals surface area (Å²) in [7, 11) is 0. The minimum absolute atomic E-state index is 0.0118. The zero-order chi connectivity index (χ0) is 22.1. The summed E-state index contributed by atoms with van der Waals surface area (Å²) in [5.74, 6) is 1.44. The first-order chi connectivity index (χ1) is 14.8. The van der Waals surface area contributed by atoms with Gasteiger partial charge in [-0.25, -0.2) is 13.5 Å². The van der Waals surface area contributed by atoms with E-state index < -0.39 is 12.5 Å². The first-order valence-corrected chi connectivity index (χ1v) is 10.9. The van der Waals surface area contributed by atoms with E-state index in [1.54, 1.807) is 0 Å². The molecular formula is C23H30F2N4O2. The van der Waals surface area contributed by atoms with E-state index >= 15 is 0 Å². The number of fused-ring (bicyclic) bond motifs is 1. The molecule has 6 nitrogen and oxygen atoms in total. The SMILES string of the molecule is Cc1cc2n(n1)[C@@H](C(F)F)C[C@@H](C1CCCN(C(=O)COc3c(C)cccc3C)C1)N2. The van der Waals surface area contributed by atoms with Gasteiger partial charge in [0, 0.05) is 25.2 Å². The number of hydrogen-bond acceptors (Lipinski definition) is 4. The molecule has 168 valence electrons.